The zero-order valence-electron chi connectivity index (χ0n) is 10.1. The SMILES string of the molecule is [2H]C([2H])([2H])C(=O)O[C@@H]1C=C[C@H](OC(C)=O)C1. The van der Waals surface area contributed by atoms with Crippen LogP contribution in [0.15, 0.2) is 12.2 Å². The van der Waals surface area contributed by atoms with E-state index in [-0.39, 0.29) is 6.42 Å². The molecule has 0 amide bonds. The number of hydrogen-bond acceptors (Lipinski definition) is 4. The fourth-order valence-corrected chi connectivity index (χ4v) is 1.16. The van der Waals surface area contributed by atoms with Crippen molar-refractivity contribution in [2.24, 2.45) is 0 Å². The highest BCUT2D eigenvalue weighted by molar-refractivity contribution is 5.67. The van der Waals surface area contributed by atoms with Crippen molar-refractivity contribution in [2.45, 2.75) is 32.4 Å². The van der Waals surface area contributed by atoms with Gasteiger partial charge in [0.05, 0.1) is 0 Å². The zero-order chi connectivity index (χ0) is 12.3. The molecule has 72 valence electrons. The molecule has 0 fully saturated rings. The highest BCUT2D eigenvalue weighted by Crippen LogP contribution is 2.17. The van der Waals surface area contributed by atoms with Crippen LogP contribution in [0.3, 0.4) is 0 Å². The minimum atomic E-state index is -2.76. The highest BCUT2D eigenvalue weighted by Gasteiger charge is 2.22. The smallest absolute Gasteiger partial charge is 0.303 e. The molecule has 2 atom stereocenters. The van der Waals surface area contributed by atoms with Crippen molar-refractivity contribution < 1.29 is 23.2 Å². The number of hydrogen-bond donors (Lipinski definition) is 0. The van der Waals surface area contributed by atoms with E-state index in [1.54, 1.807) is 6.08 Å². The van der Waals surface area contributed by atoms with Gasteiger partial charge in [0.1, 0.15) is 12.2 Å². The molecule has 0 aliphatic heterocycles. The number of esters is 2. The lowest BCUT2D eigenvalue weighted by Crippen LogP contribution is -2.17. The molecule has 1 aliphatic carbocycles. The van der Waals surface area contributed by atoms with Crippen molar-refractivity contribution in [3.8, 4) is 0 Å². The van der Waals surface area contributed by atoms with E-state index in [4.69, 9.17) is 13.6 Å². The lowest BCUT2D eigenvalue weighted by molar-refractivity contribution is -0.147. The topological polar surface area (TPSA) is 52.6 Å². The van der Waals surface area contributed by atoms with Crippen molar-refractivity contribution in [1.82, 2.24) is 0 Å². The molecule has 0 spiro atoms. The van der Waals surface area contributed by atoms with Gasteiger partial charge in [0.25, 0.3) is 0 Å². The third-order valence-electron chi connectivity index (χ3n) is 1.58. The predicted octanol–water partition coefficient (Wildman–Crippen LogP) is 0.810. The second-order valence-corrected chi connectivity index (χ2v) is 2.71. The van der Waals surface area contributed by atoms with Crippen LogP contribution in [-0.2, 0) is 19.1 Å². The molecule has 4 nitrogen and oxygen atoms in total. The van der Waals surface area contributed by atoms with Crippen LogP contribution in [-0.4, -0.2) is 24.1 Å². The van der Waals surface area contributed by atoms with Crippen molar-refractivity contribution in [1.29, 1.82) is 0 Å². The van der Waals surface area contributed by atoms with E-state index in [1.165, 1.54) is 13.0 Å². The Morgan fingerprint density at radius 3 is 2.31 bits per heavy atom. The Hall–Kier alpha value is -1.32. The quantitative estimate of drug-likeness (QED) is 0.474. The first kappa shape index (κ1) is 6.18. The highest BCUT2D eigenvalue weighted by atomic mass is 16.6. The molecule has 13 heavy (non-hydrogen) atoms. The predicted molar refractivity (Wildman–Crippen MR) is 44.9 cm³/mol. The van der Waals surface area contributed by atoms with Crippen LogP contribution in [0.4, 0.5) is 0 Å². The average Bonchev–Trinajstić information content (AvgIpc) is 2.49. The van der Waals surface area contributed by atoms with Crippen LogP contribution in [0.5, 0.6) is 0 Å². The lowest BCUT2D eigenvalue weighted by atomic mass is 10.3. The molecule has 0 aromatic heterocycles. The summed E-state index contributed by atoms with van der Waals surface area (Å²) in [5.41, 5.74) is 0. The van der Waals surface area contributed by atoms with Crippen molar-refractivity contribution in [2.75, 3.05) is 0 Å². The second-order valence-electron chi connectivity index (χ2n) is 2.71. The number of ether oxygens (including phenoxy) is 2. The van der Waals surface area contributed by atoms with Crippen LogP contribution >= 0.6 is 0 Å². The fourth-order valence-electron chi connectivity index (χ4n) is 1.16. The van der Waals surface area contributed by atoms with E-state index >= 15 is 0 Å². The molecule has 0 heterocycles. The molecule has 0 aromatic carbocycles. The molecule has 0 radical (unpaired) electrons. The molecule has 0 saturated carbocycles. The summed E-state index contributed by atoms with van der Waals surface area (Å²) in [6, 6.07) is 0. The molecular weight excluding hydrogens is 172 g/mol. The third kappa shape index (κ3) is 3.27. The van der Waals surface area contributed by atoms with Crippen molar-refractivity contribution in [3.63, 3.8) is 0 Å². The van der Waals surface area contributed by atoms with Gasteiger partial charge in [0.2, 0.25) is 0 Å². The Labute approximate surface area is 80.7 Å². The van der Waals surface area contributed by atoms with Crippen LogP contribution in [0, 0.1) is 0 Å². The molecule has 0 saturated heterocycles. The van der Waals surface area contributed by atoms with Crippen molar-refractivity contribution >= 4 is 11.9 Å². The molecular formula is C9H12O4. The Bertz CT molecular complexity index is 321. The lowest BCUT2D eigenvalue weighted by Gasteiger charge is -2.11. The molecule has 1 rings (SSSR count). The van der Waals surface area contributed by atoms with Gasteiger partial charge in [-0.2, -0.15) is 0 Å². The maximum Gasteiger partial charge on any atom is 0.303 e. The third-order valence-corrected chi connectivity index (χ3v) is 1.58. The zero-order valence-corrected chi connectivity index (χ0v) is 7.15. The van der Waals surface area contributed by atoms with Gasteiger partial charge < -0.3 is 9.47 Å². The largest absolute Gasteiger partial charge is 0.458 e. The Morgan fingerprint density at radius 1 is 1.31 bits per heavy atom. The summed E-state index contributed by atoms with van der Waals surface area (Å²) in [7, 11) is 0. The Balaban J connectivity index is 2.41. The normalized spacial score (nSPS) is 30.1. The minimum Gasteiger partial charge on any atom is -0.458 e. The van der Waals surface area contributed by atoms with E-state index in [0.29, 0.717) is 0 Å². The van der Waals surface area contributed by atoms with Crippen molar-refractivity contribution in [3.05, 3.63) is 12.2 Å². The van der Waals surface area contributed by atoms with Gasteiger partial charge in [-0.15, -0.1) is 0 Å². The monoisotopic (exact) mass is 187 g/mol. The van der Waals surface area contributed by atoms with Gasteiger partial charge in [-0.25, -0.2) is 0 Å². The van der Waals surface area contributed by atoms with Crippen LogP contribution < -0.4 is 0 Å². The van der Waals surface area contributed by atoms with Crippen LogP contribution in [0.25, 0.3) is 0 Å². The fraction of sp³-hybridized carbons (Fsp3) is 0.556. The summed E-state index contributed by atoms with van der Waals surface area (Å²) in [6.45, 7) is -1.48. The van der Waals surface area contributed by atoms with Gasteiger partial charge in [-0.3, -0.25) is 9.59 Å². The van der Waals surface area contributed by atoms with E-state index in [9.17, 15) is 9.59 Å². The average molecular weight is 187 g/mol. The van der Waals surface area contributed by atoms with Gasteiger partial charge in [0, 0.05) is 24.3 Å². The number of carbonyl (C=O) groups excluding carboxylic acids is 2. The van der Waals surface area contributed by atoms with E-state index in [2.05, 4.69) is 0 Å². The molecule has 0 bridgehead atoms. The summed E-state index contributed by atoms with van der Waals surface area (Å²) < 4.78 is 30.0. The van der Waals surface area contributed by atoms with Gasteiger partial charge in [-0.1, -0.05) is 0 Å². The Kier molecular flexibility index (Phi) is 1.94. The van der Waals surface area contributed by atoms with E-state index in [0.717, 1.165) is 0 Å². The van der Waals surface area contributed by atoms with Gasteiger partial charge >= 0.3 is 11.9 Å². The second kappa shape index (κ2) is 4.07. The summed E-state index contributed by atoms with van der Waals surface area (Å²) in [4.78, 5) is 21.7. The maximum absolute atomic E-state index is 11.0. The molecule has 1 aliphatic rings. The molecule has 0 aromatic rings. The first-order valence-corrected chi connectivity index (χ1v) is 3.85. The number of rotatable bonds is 2. The van der Waals surface area contributed by atoms with E-state index < -0.39 is 31.0 Å². The van der Waals surface area contributed by atoms with Crippen LogP contribution in [0.2, 0.25) is 0 Å². The molecule has 0 unspecified atom stereocenters. The number of carbonyl (C=O) groups is 2. The summed E-state index contributed by atoms with van der Waals surface area (Å²) in [5, 5.41) is 0. The summed E-state index contributed by atoms with van der Waals surface area (Å²) in [5.74, 6) is -1.68. The molecule has 4 heteroatoms. The first-order chi connectivity index (χ1) is 7.29. The first-order valence-electron chi connectivity index (χ1n) is 5.35. The van der Waals surface area contributed by atoms with Crippen LogP contribution in [0.1, 0.15) is 24.3 Å². The standard InChI is InChI=1S/C9H12O4/c1-6(10)12-8-3-4-9(5-8)13-7(2)11/h3-4,8-9H,5H2,1-2H3/t8-,9+/i1D3/m1/s1. The minimum absolute atomic E-state index is 0.265. The van der Waals surface area contributed by atoms with E-state index in [1.807, 2.05) is 0 Å². The summed E-state index contributed by atoms with van der Waals surface area (Å²) >= 11 is 0. The maximum atomic E-state index is 11.0. The molecule has 0 N–H and O–H groups in total. The van der Waals surface area contributed by atoms with Gasteiger partial charge in [0.15, 0.2) is 0 Å². The summed E-state index contributed by atoms with van der Waals surface area (Å²) in [6.07, 6.45) is 2.25. The Morgan fingerprint density at radius 2 is 1.85 bits per heavy atom. The van der Waals surface area contributed by atoms with Gasteiger partial charge in [-0.05, 0) is 12.2 Å².